The normalized spacial score (nSPS) is 16.7. The van der Waals surface area contributed by atoms with Crippen molar-refractivity contribution >= 4 is 22.6 Å². The van der Waals surface area contributed by atoms with E-state index in [1.165, 1.54) is 0 Å². The van der Waals surface area contributed by atoms with Gasteiger partial charge in [-0.05, 0) is 32.1 Å². The number of likely N-dealkylation sites (N-methyl/N-ethyl adjacent to an activating group) is 1. The molecular weight excluding hydrogens is 282 g/mol. The summed E-state index contributed by atoms with van der Waals surface area (Å²) >= 11 is 0. The Labute approximate surface area is 128 Å². The van der Waals surface area contributed by atoms with Crippen molar-refractivity contribution in [3.8, 4) is 0 Å². The zero-order valence-electron chi connectivity index (χ0n) is 12.5. The van der Waals surface area contributed by atoms with Gasteiger partial charge < -0.3 is 19.9 Å². The molecule has 0 radical (unpaired) electrons. The van der Waals surface area contributed by atoms with Gasteiger partial charge >= 0.3 is 5.97 Å². The van der Waals surface area contributed by atoms with E-state index in [9.17, 15) is 9.59 Å². The summed E-state index contributed by atoms with van der Waals surface area (Å²) in [5.74, 6) is -1.12. The quantitative estimate of drug-likeness (QED) is 0.876. The van der Waals surface area contributed by atoms with Crippen molar-refractivity contribution in [3.63, 3.8) is 0 Å². The van der Waals surface area contributed by atoms with Gasteiger partial charge in [0, 0.05) is 31.1 Å². The molecule has 1 aromatic carbocycles. The molecule has 6 heteroatoms. The maximum absolute atomic E-state index is 12.1. The zero-order chi connectivity index (χ0) is 15.7. The molecular formula is C16H19N3O3. The van der Waals surface area contributed by atoms with Crippen LogP contribution in [0.15, 0.2) is 29.1 Å². The lowest BCUT2D eigenvalue weighted by atomic mass is 10.1. The summed E-state index contributed by atoms with van der Waals surface area (Å²) in [5.41, 5.74) is 1.17. The molecule has 0 aliphatic carbocycles. The number of hydrogen-bond donors (Lipinski definition) is 2. The second kappa shape index (κ2) is 5.81. The summed E-state index contributed by atoms with van der Waals surface area (Å²) in [6.45, 7) is 3.73. The van der Waals surface area contributed by atoms with Crippen molar-refractivity contribution in [2.75, 3.05) is 38.1 Å². The molecule has 22 heavy (non-hydrogen) atoms. The van der Waals surface area contributed by atoms with Crippen molar-refractivity contribution in [2.45, 2.75) is 6.42 Å². The summed E-state index contributed by atoms with van der Waals surface area (Å²) in [4.78, 5) is 30.7. The standard InChI is InChI=1S/C16H19N3O3/c1-18-6-3-7-19(9-8-18)13-5-2-4-11-14(20)10-12(16(21)22)17-15(11)13/h2,4-5,10H,3,6-9H2,1H3,(H,17,20)(H,21,22). The molecule has 0 spiro atoms. The molecule has 1 aromatic heterocycles. The largest absolute Gasteiger partial charge is 0.477 e. The van der Waals surface area contributed by atoms with E-state index in [2.05, 4.69) is 21.8 Å². The van der Waals surface area contributed by atoms with Crippen LogP contribution < -0.4 is 10.3 Å². The molecule has 2 heterocycles. The molecule has 0 bridgehead atoms. The summed E-state index contributed by atoms with van der Waals surface area (Å²) in [7, 11) is 2.09. The fourth-order valence-electron chi connectivity index (χ4n) is 2.92. The number of rotatable bonds is 2. The van der Waals surface area contributed by atoms with Crippen LogP contribution in [0.25, 0.3) is 10.9 Å². The fraction of sp³-hybridized carbons (Fsp3) is 0.375. The third-order valence-corrected chi connectivity index (χ3v) is 4.13. The van der Waals surface area contributed by atoms with Crippen molar-refractivity contribution < 1.29 is 9.90 Å². The summed E-state index contributed by atoms with van der Waals surface area (Å²) < 4.78 is 0. The van der Waals surface area contributed by atoms with Crippen molar-refractivity contribution in [2.24, 2.45) is 0 Å². The topological polar surface area (TPSA) is 76.6 Å². The van der Waals surface area contributed by atoms with Crippen LogP contribution in [-0.2, 0) is 0 Å². The Bertz CT molecular complexity index is 769. The number of nitrogens with one attached hydrogen (secondary N) is 1. The zero-order valence-corrected chi connectivity index (χ0v) is 12.5. The van der Waals surface area contributed by atoms with Gasteiger partial charge in [-0.15, -0.1) is 0 Å². The number of anilines is 1. The first-order chi connectivity index (χ1) is 10.6. The van der Waals surface area contributed by atoms with Crippen molar-refractivity contribution in [3.05, 3.63) is 40.2 Å². The van der Waals surface area contributed by atoms with Crippen LogP contribution in [0.1, 0.15) is 16.9 Å². The molecule has 0 amide bonds. The monoisotopic (exact) mass is 301 g/mol. The molecule has 1 aliphatic rings. The maximum atomic E-state index is 12.1. The maximum Gasteiger partial charge on any atom is 0.352 e. The first kappa shape index (κ1) is 14.6. The number of hydrogen-bond acceptors (Lipinski definition) is 4. The number of aromatic carboxylic acids is 1. The Morgan fingerprint density at radius 2 is 2.05 bits per heavy atom. The number of carbonyl (C=O) groups is 1. The second-order valence-corrected chi connectivity index (χ2v) is 5.70. The van der Waals surface area contributed by atoms with Crippen LogP contribution in [0, 0.1) is 0 Å². The van der Waals surface area contributed by atoms with Gasteiger partial charge in [0.25, 0.3) is 0 Å². The average molecular weight is 301 g/mol. The second-order valence-electron chi connectivity index (χ2n) is 5.70. The SMILES string of the molecule is CN1CCCN(c2cccc3c(=O)cc(C(=O)O)[nH]c23)CC1. The van der Waals surface area contributed by atoms with Gasteiger partial charge in [-0.2, -0.15) is 0 Å². The Morgan fingerprint density at radius 3 is 2.82 bits per heavy atom. The van der Waals surface area contributed by atoms with Crippen LogP contribution in [0.3, 0.4) is 0 Å². The number of carboxylic acid groups (broad SMARTS) is 1. The molecule has 1 saturated heterocycles. The highest BCUT2D eigenvalue weighted by Gasteiger charge is 2.17. The number of nitrogens with zero attached hydrogens (tertiary/aromatic N) is 2. The highest BCUT2D eigenvalue weighted by atomic mass is 16.4. The minimum Gasteiger partial charge on any atom is -0.477 e. The third-order valence-electron chi connectivity index (χ3n) is 4.13. The predicted molar refractivity (Wildman–Crippen MR) is 85.9 cm³/mol. The smallest absolute Gasteiger partial charge is 0.352 e. The number of H-pyrrole nitrogens is 1. The fourth-order valence-corrected chi connectivity index (χ4v) is 2.92. The molecule has 0 atom stereocenters. The number of pyridine rings is 1. The Kier molecular flexibility index (Phi) is 3.85. The number of para-hydroxylation sites is 1. The molecule has 2 N–H and O–H groups in total. The molecule has 3 rings (SSSR count). The van der Waals surface area contributed by atoms with Crippen LogP contribution in [0.2, 0.25) is 0 Å². The van der Waals surface area contributed by atoms with E-state index < -0.39 is 5.97 Å². The van der Waals surface area contributed by atoms with E-state index in [0.29, 0.717) is 10.9 Å². The van der Waals surface area contributed by atoms with E-state index in [4.69, 9.17) is 5.11 Å². The van der Waals surface area contributed by atoms with Crippen LogP contribution in [0.4, 0.5) is 5.69 Å². The molecule has 1 aliphatic heterocycles. The molecule has 1 fully saturated rings. The van der Waals surface area contributed by atoms with E-state index >= 15 is 0 Å². The molecule has 0 unspecified atom stereocenters. The lowest BCUT2D eigenvalue weighted by Gasteiger charge is -2.24. The molecule has 2 aromatic rings. The lowest BCUT2D eigenvalue weighted by Crippen LogP contribution is -2.29. The van der Waals surface area contributed by atoms with Crippen molar-refractivity contribution in [1.29, 1.82) is 0 Å². The lowest BCUT2D eigenvalue weighted by molar-refractivity contribution is 0.0691. The minimum absolute atomic E-state index is 0.0723. The van der Waals surface area contributed by atoms with Crippen LogP contribution >= 0.6 is 0 Å². The number of carboxylic acids is 1. The van der Waals surface area contributed by atoms with Gasteiger partial charge in [0.2, 0.25) is 0 Å². The molecule has 116 valence electrons. The Morgan fingerprint density at radius 1 is 1.23 bits per heavy atom. The first-order valence-electron chi connectivity index (χ1n) is 7.39. The van der Waals surface area contributed by atoms with Gasteiger partial charge in [-0.25, -0.2) is 4.79 Å². The Balaban J connectivity index is 2.12. The number of aromatic nitrogens is 1. The number of aromatic amines is 1. The van der Waals surface area contributed by atoms with E-state index in [1.807, 2.05) is 12.1 Å². The number of benzene rings is 1. The van der Waals surface area contributed by atoms with E-state index in [-0.39, 0.29) is 11.1 Å². The van der Waals surface area contributed by atoms with Crippen molar-refractivity contribution in [1.82, 2.24) is 9.88 Å². The van der Waals surface area contributed by atoms with Gasteiger partial charge in [-0.1, -0.05) is 6.07 Å². The van der Waals surface area contributed by atoms with Gasteiger partial charge in [-0.3, -0.25) is 4.79 Å². The summed E-state index contributed by atoms with van der Waals surface area (Å²) in [6, 6.07) is 6.66. The van der Waals surface area contributed by atoms with Crippen LogP contribution in [-0.4, -0.2) is 54.2 Å². The predicted octanol–water partition coefficient (Wildman–Crippen LogP) is 1.37. The van der Waals surface area contributed by atoms with Gasteiger partial charge in [0.05, 0.1) is 11.2 Å². The van der Waals surface area contributed by atoms with Gasteiger partial charge in [0.1, 0.15) is 5.69 Å². The molecule has 6 nitrogen and oxygen atoms in total. The summed E-state index contributed by atoms with van der Waals surface area (Å²) in [6.07, 6.45) is 1.04. The highest BCUT2D eigenvalue weighted by molar-refractivity contribution is 5.95. The first-order valence-corrected chi connectivity index (χ1v) is 7.39. The highest BCUT2D eigenvalue weighted by Crippen LogP contribution is 2.24. The van der Waals surface area contributed by atoms with Crippen LogP contribution in [0.5, 0.6) is 0 Å². The summed E-state index contributed by atoms with van der Waals surface area (Å²) in [5, 5.41) is 9.69. The average Bonchev–Trinajstić information content (AvgIpc) is 2.71. The van der Waals surface area contributed by atoms with E-state index in [1.54, 1.807) is 6.07 Å². The minimum atomic E-state index is -1.12. The third kappa shape index (κ3) is 2.69. The molecule has 0 saturated carbocycles. The number of fused-ring (bicyclic) bond motifs is 1. The Hall–Kier alpha value is -2.34. The van der Waals surface area contributed by atoms with Gasteiger partial charge in [0.15, 0.2) is 5.43 Å². The van der Waals surface area contributed by atoms with E-state index in [0.717, 1.165) is 44.4 Å².